The molecule has 3 saturated carbocycles. The molecule has 0 aromatic heterocycles. The first-order chi connectivity index (χ1) is 17.7. The number of carbonyl (C=O) groups excluding carboxylic acids is 1. The lowest BCUT2D eigenvalue weighted by Gasteiger charge is -2.58. The average molecular weight is 505 g/mol. The fraction of sp³-hybridized carbons (Fsp3) is 0.735. The number of fused-ring (bicyclic) bond motifs is 3. The van der Waals surface area contributed by atoms with Crippen molar-refractivity contribution in [1.82, 2.24) is 0 Å². The van der Waals surface area contributed by atoms with Crippen molar-refractivity contribution >= 4 is 5.97 Å². The zero-order valence-corrected chi connectivity index (χ0v) is 23.8. The van der Waals surface area contributed by atoms with Crippen LogP contribution in [0.15, 0.2) is 42.0 Å². The van der Waals surface area contributed by atoms with E-state index in [1.807, 2.05) is 30.3 Å². The molecule has 6 rings (SSSR count). The van der Waals surface area contributed by atoms with Gasteiger partial charge >= 0.3 is 5.97 Å². The quantitative estimate of drug-likeness (QED) is 0.213. The van der Waals surface area contributed by atoms with Gasteiger partial charge in [-0.15, -0.1) is 0 Å². The molecule has 0 bridgehead atoms. The Balaban J connectivity index is 1.17. The second kappa shape index (κ2) is 9.25. The second-order valence-corrected chi connectivity index (χ2v) is 14.3. The first-order valence-electron chi connectivity index (χ1n) is 15.3. The van der Waals surface area contributed by atoms with Crippen LogP contribution >= 0.6 is 0 Å². The smallest absolute Gasteiger partial charge is 0.338 e. The van der Waals surface area contributed by atoms with Gasteiger partial charge < -0.3 is 9.47 Å². The molecule has 5 aliphatic rings. The fourth-order valence-electron chi connectivity index (χ4n) is 9.75. The molecule has 0 amide bonds. The van der Waals surface area contributed by atoms with Gasteiger partial charge in [-0.3, -0.25) is 0 Å². The zero-order valence-electron chi connectivity index (χ0n) is 23.8. The van der Waals surface area contributed by atoms with E-state index in [0.29, 0.717) is 34.3 Å². The summed E-state index contributed by atoms with van der Waals surface area (Å²) in [5.74, 6) is 3.44. The number of allylic oxidation sites excluding steroid dienone is 1. The van der Waals surface area contributed by atoms with Crippen LogP contribution in [-0.2, 0) is 9.47 Å². The van der Waals surface area contributed by atoms with E-state index in [2.05, 4.69) is 40.7 Å². The maximum absolute atomic E-state index is 12.7. The molecule has 3 heteroatoms. The Kier molecular flexibility index (Phi) is 6.41. The summed E-state index contributed by atoms with van der Waals surface area (Å²) in [4.78, 5) is 12.7. The largest absolute Gasteiger partial charge is 0.459 e. The highest BCUT2D eigenvalue weighted by molar-refractivity contribution is 5.89. The number of carbonyl (C=O) groups is 1. The first kappa shape index (κ1) is 25.7. The van der Waals surface area contributed by atoms with E-state index in [0.717, 1.165) is 43.4 Å². The molecular formula is C34H48O3. The van der Waals surface area contributed by atoms with Crippen LogP contribution in [0.25, 0.3) is 0 Å². The third-order valence-corrected chi connectivity index (χ3v) is 11.9. The van der Waals surface area contributed by atoms with Crippen molar-refractivity contribution in [2.75, 3.05) is 0 Å². The van der Waals surface area contributed by atoms with Crippen molar-refractivity contribution in [3.8, 4) is 0 Å². The molecule has 3 nitrogen and oxygen atoms in total. The fourth-order valence-corrected chi connectivity index (χ4v) is 9.75. The number of rotatable bonds is 7. The number of hydrogen-bond donors (Lipinski definition) is 0. The molecule has 1 aromatic rings. The minimum Gasteiger partial charge on any atom is -0.459 e. The highest BCUT2D eigenvalue weighted by Gasteiger charge is 2.79. The van der Waals surface area contributed by atoms with Gasteiger partial charge in [0.25, 0.3) is 0 Å². The highest BCUT2D eigenvalue weighted by Crippen LogP contribution is 2.76. The van der Waals surface area contributed by atoms with Crippen LogP contribution in [0.3, 0.4) is 0 Å². The van der Waals surface area contributed by atoms with Gasteiger partial charge in [-0.05, 0) is 97.7 Å². The zero-order chi connectivity index (χ0) is 26.0. The Morgan fingerprint density at radius 2 is 1.84 bits per heavy atom. The summed E-state index contributed by atoms with van der Waals surface area (Å²) in [6.07, 6.45) is 15.3. The van der Waals surface area contributed by atoms with Gasteiger partial charge in [0, 0.05) is 5.41 Å². The lowest BCUT2D eigenvalue weighted by Crippen LogP contribution is -2.54. The summed E-state index contributed by atoms with van der Waals surface area (Å²) in [6.45, 7) is 12.4. The summed E-state index contributed by atoms with van der Waals surface area (Å²) in [5.41, 5.74) is 2.97. The monoisotopic (exact) mass is 504 g/mol. The number of esters is 1. The number of benzene rings is 1. The normalized spacial score (nSPS) is 42.6. The van der Waals surface area contributed by atoms with Crippen LogP contribution in [0.1, 0.15) is 109 Å². The van der Waals surface area contributed by atoms with Crippen molar-refractivity contribution < 1.29 is 14.3 Å². The SMILES string of the molecule is CC(C)CCC[C@@H](C)[C@H]1C[C@@H]2O[C@@]23C2=CC[C@@H]4C[C@@H](OC(=O)c5ccccc5)CC[C@]4(C)[C@H]2CC[C@]13C. The topological polar surface area (TPSA) is 38.8 Å². The summed E-state index contributed by atoms with van der Waals surface area (Å²) < 4.78 is 12.8. The average Bonchev–Trinajstić information content (AvgIpc) is 3.54. The molecule has 37 heavy (non-hydrogen) atoms. The first-order valence-corrected chi connectivity index (χ1v) is 15.3. The summed E-state index contributed by atoms with van der Waals surface area (Å²) in [7, 11) is 0. The molecular weight excluding hydrogens is 456 g/mol. The molecule has 9 atom stereocenters. The maximum atomic E-state index is 12.7. The lowest BCUT2D eigenvalue weighted by atomic mass is 9.47. The van der Waals surface area contributed by atoms with E-state index in [9.17, 15) is 4.79 Å². The molecule has 0 unspecified atom stereocenters. The number of epoxide rings is 1. The molecule has 1 saturated heterocycles. The van der Waals surface area contributed by atoms with E-state index in [1.165, 1.54) is 38.5 Å². The van der Waals surface area contributed by atoms with Crippen LogP contribution in [0.5, 0.6) is 0 Å². The predicted molar refractivity (Wildman–Crippen MR) is 148 cm³/mol. The van der Waals surface area contributed by atoms with E-state index in [4.69, 9.17) is 9.47 Å². The molecule has 1 aromatic carbocycles. The minimum absolute atomic E-state index is 0.0253. The van der Waals surface area contributed by atoms with Crippen LogP contribution in [0.2, 0.25) is 0 Å². The van der Waals surface area contributed by atoms with Crippen LogP contribution in [-0.4, -0.2) is 23.8 Å². The summed E-state index contributed by atoms with van der Waals surface area (Å²) >= 11 is 0. The van der Waals surface area contributed by atoms with Crippen LogP contribution < -0.4 is 0 Å². The summed E-state index contributed by atoms with van der Waals surface area (Å²) in [5, 5.41) is 0. The van der Waals surface area contributed by atoms with Crippen LogP contribution in [0, 0.1) is 40.4 Å². The molecule has 202 valence electrons. The van der Waals surface area contributed by atoms with Gasteiger partial charge in [0.15, 0.2) is 0 Å². The molecule has 1 heterocycles. The maximum Gasteiger partial charge on any atom is 0.338 e. The summed E-state index contributed by atoms with van der Waals surface area (Å²) in [6, 6.07) is 9.47. The molecule has 0 radical (unpaired) electrons. The second-order valence-electron chi connectivity index (χ2n) is 14.3. The van der Waals surface area contributed by atoms with E-state index < -0.39 is 0 Å². The molecule has 4 fully saturated rings. The Morgan fingerprint density at radius 1 is 1.05 bits per heavy atom. The van der Waals surface area contributed by atoms with Crippen molar-refractivity contribution in [3.63, 3.8) is 0 Å². The minimum atomic E-state index is -0.165. The van der Waals surface area contributed by atoms with Gasteiger partial charge in [0.1, 0.15) is 11.7 Å². The van der Waals surface area contributed by atoms with E-state index in [-0.39, 0.29) is 17.7 Å². The highest BCUT2D eigenvalue weighted by atomic mass is 16.6. The Bertz CT molecular complexity index is 1040. The lowest BCUT2D eigenvalue weighted by molar-refractivity contribution is -0.0665. The van der Waals surface area contributed by atoms with Crippen molar-refractivity contribution in [2.24, 2.45) is 40.4 Å². The van der Waals surface area contributed by atoms with Crippen molar-refractivity contribution in [2.45, 2.75) is 117 Å². The van der Waals surface area contributed by atoms with Gasteiger partial charge in [-0.25, -0.2) is 4.79 Å². The predicted octanol–water partition coefficient (Wildman–Crippen LogP) is 8.38. The third-order valence-electron chi connectivity index (χ3n) is 11.9. The van der Waals surface area contributed by atoms with Gasteiger partial charge in [0.2, 0.25) is 0 Å². The Hall–Kier alpha value is -1.61. The van der Waals surface area contributed by atoms with Gasteiger partial charge in [-0.2, -0.15) is 0 Å². The molecule has 0 N–H and O–H groups in total. The Morgan fingerprint density at radius 3 is 2.59 bits per heavy atom. The van der Waals surface area contributed by atoms with Crippen molar-refractivity contribution in [1.29, 1.82) is 0 Å². The van der Waals surface area contributed by atoms with Crippen molar-refractivity contribution in [3.05, 3.63) is 47.5 Å². The van der Waals surface area contributed by atoms with Crippen LogP contribution in [0.4, 0.5) is 0 Å². The van der Waals surface area contributed by atoms with Gasteiger partial charge in [-0.1, -0.05) is 78.2 Å². The number of ether oxygens (including phenoxy) is 2. The molecule has 1 spiro atoms. The number of hydrogen-bond acceptors (Lipinski definition) is 3. The Labute approximate surface area is 224 Å². The van der Waals surface area contributed by atoms with Gasteiger partial charge in [0.05, 0.1) is 11.7 Å². The standard InChI is InChI=1S/C34H48O3/c1-22(2)10-9-11-23(3)29-21-30-34(37-30)28-15-14-25-20-26(36-31(35)24-12-7-6-8-13-24)16-18-32(25,4)27(28)17-19-33(29,34)5/h6-8,12-13,15,22-23,25-27,29-30H,9-11,14,16-21H2,1-5H3/t23-,25-,26+,27+,29-,30+,32+,33-,34+/m1/s1. The molecule has 4 aliphatic carbocycles. The van der Waals surface area contributed by atoms with E-state index >= 15 is 0 Å². The van der Waals surface area contributed by atoms with E-state index in [1.54, 1.807) is 5.57 Å². The third kappa shape index (κ3) is 3.97. The molecule has 1 aliphatic heterocycles.